The lowest BCUT2D eigenvalue weighted by molar-refractivity contribution is -0.143. The van der Waals surface area contributed by atoms with Crippen LogP contribution in [0.2, 0.25) is 0 Å². The molecule has 0 aromatic heterocycles. The van der Waals surface area contributed by atoms with Crippen molar-refractivity contribution in [2.24, 2.45) is 5.92 Å². The Hall–Kier alpha value is -2.36. The fourth-order valence-electron chi connectivity index (χ4n) is 5.34. The first-order valence-corrected chi connectivity index (χ1v) is 13.3. The van der Waals surface area contributed by atoms with Crippen LogP contribution in [0.1, 0.15) is 50.5 Å². The van der Waals surface area contributed by atoms with Crippen molar-refractivity contribution in [2.75, 3.05) is 67.2 Å². The van der Waals surface area contributed by atoms with E-state index in [1.165, 1.54) is 0 Å². The van der Waals surface area contributed by atoms with Crippen LogP contribution in [0.4, 0.5) is 0 Å². The van der Waals surface area contributed by atoms with Crippen molar-refractivity contribution in [3.63, 3.8) is 0 Å². The third-order valence-corrected chi connectivity index (χ3v) is 7.30. The average Bonchev–Trinajstić information content (AvgIpc) is 3.46. The maximum Gasteiger partial charge on any atom is 0.308 e. The Morgan fingerprint density at radius 2 is 1.83 bits per heavy atom. The third-order valence-electron chi connectivity index (χ3n) is 7.30. The number of nitrogens with one attached hydrogen (secondary N) is 1. The molecule has 9 heteroatoms. The van der Waals surface area contributed by atoms with E-state index < -0.39 is 11.9 Å². The lowest BCUT2D eigenvalue weighted by Gasteiger charge is -2.30. The van der Waals surface area contributed by atoms with E-state index in [4.69, 9.17) is 9.47 Å². The molecule has 0 saturated carbocycles. The lowest BCUT2D eigenvalue weighted by atomic mass is 9.84. The van der Waals surface area contributed by atoms with Crippen molar-refractivity contribution in [3.05, 3.63) is 23.8 Å². The van der Waals surface area contributed by atoms with Crippen molar-refractivity contribution in [3.8, 4) is 11.5 Å². The molecule has 202 valence electrons. The average molecular weight is 505 g/mol. The molecule has 1 saturated heterocycles. The van der Waals surface area contributed by atoms with Crippen molar-refractivity contribution in [1.82, 2.24) is 20.0 Å². The predicted octanol–water partition coefficient (Wildman–Crippen LogP) is 2.46. The quantitative estimate of drug-likeness (QED) is 0.352. The van der Waals surface area contributed by atoms with E-state index in [0.29, 0.717) is 31.0 Å². The number of benzene rings is 1. The van der Waals surface area contributed by atoms with Gasteiger partial charge in [0.15, 0.2) is 11.5 Å². The summed E-state index contributed by atoms with van der Waals surface area (Å²) in [6.07, 6.45) is 4.68. The number of carboxylic acids is 1. The number of hydrogen-bond acceptors (Lipinski definition) is 7. The van der Waals surface area contributed by atoms with Crippen LogP contribution in [0.3, 0.4) is 0 Å². The highest BCUT2D eigenvalue weighted by atomic mass is 16.7. The summed E-state index contributed by atoms with van der Waals surface area (Å²) in [4.78, 5) is 32.3. The number of aliphatic carboxylic acids is 1. The Kier molecular flexibility index (Phi) is 10.8. The first-order valence-electron chi connectivity index (χ1n) is 13.3. The van der Waals surface area contributed by atoms with Gasteiger partial charge >= 0.3 is 5.97 Å². The molecule has 0 unspecified atom stereocenters. The van der Waals surface area contributed by atoms with E-state index in [-0.39, 0.29) is 31.2 Å². The summed E-state index contributed by atoms with van der Waals surface area (Å²) in [6, 6.07) is 5.47. The molecule has 36 heavy (non-hydrogen) atoms. The van der Waals surface area contributed by atoms with Crippen LogP contribution in [0.5, 0.6) is 11.5 Å². The van der Waals surface area contributed by atoms with Gasteiger partial charge in [0, 0.05) is 31.6 Å². The molecule has 1 fully saturated rings. The Balaban J connectivity index is 1.77. The molecule has 3 atom stereocenters. The summed E-state index contributed by atoms with van der Waals surface area (Å²) in [5.41, 5.74) is 0.919. The largest absolute Gasteiger partial charge is 0.481 e. The van der Waals surface area contributed by atoms with E-state index in [2.05, 4.69) is 36.1 Å². The Labute approximate surface area is 215 Å². The van der Waals surface area contributed by atoms with Gasteiger partial charge in [-0.2, -0.15) is 0 Å². The van der Waals surface area contributed by atoms with Crippen LogP contribution in [0, 0.1) is 5.92 Å². The van der Waals surface area contributed by atoms with Gasteiger partial charge in [-0.15, -0.1) is 0 Å². The standard InChI is InChI=1S/C27H44N4O5/c1-5-6-14-30(15-8-7-13-29(3)4)25(32)18-31-17-21(26(27(33)34)22(31)11-12-28-2)20-9-10-23-24(16-20)36-19-35-23/h9-10,16,21-22,26,28H,5-8,11-15,17-19H2,1-4H3,(H,33,34)/t21-,22+,26-/m1/s1. The van der Waals surface area contributed by atoms with Crippen LogP contribution in [0.15, 0.2) is 18.2 Å². The number of ether oxygens (including phenoxy) is 2. The molecule has 2 heterocycles. The predicted molar refractivity (Wildman–Crippen MR) is 140 cm³/mol. The molecule has 2 aliphatic rings. The fraction of sp³-hybridized carbons (Fsp3) is 0.704. The van der Waals surface area contributed by atoms with Crippen LogP contribution >= 0.6 is 0 Å². The van der Waals surface area contributed by atoms with Gasteiger partial charge in [-0.3, -0.25) is 14.5 Å². The zero-order chi connectivity index (χ0) is 26.1. The van der Waals surface area contributed by atoms with E-state index in [1.807, 2.05) is 30.1 Å². The topological polar surface area (TPSA) is 94.6 Å². The highest BCUT2D eigenvalue weighted by Gasteiger charge is 2.47. The number of carbonyl (C=O) groups excluding carboxylic acids is 1. The van der Waals surface area contributed by atoms with Crippen LogP contribution in [-0.2, 0) is 9.59 Å². The van der Waals surface area contributed by atoms with Gasteiger partial charge in [-0.25, -0.2) is 0 Å². The summed E-state index contributed by atoms with van der Waals surface area (Å²) < 4.78 is 11.0. The van der Waals surface area contributed by atoms with Gasteiger partial charge in [0.05, 0.1) is 12.5 Å². The minimum absolute atomic E-state index is 0.0956. The van der Waals surface area contributed by atoms with Gasteiger partial charge in [0.2, 0.25) is 12.7 Å². The van der Waals surface area contributed by atoms with E-state index >= 15 is 0 Å². The van der Waals surface area contributed by atoms with Gasteiger partial charge in [-0.05, 0) is 77.6 Å². The van der Waals surface area contributed by atoms with Crippen LogP contribution < -0.4 is 14.8 Å². The first-order chi connectivity index (χ1) is 17.3. The summed E-state index contributed by atoms with van der Waals surface area (Å²) in [6.45, 7) is 6.28. The molecule has 0 bridgehead atoms. The molecule has 3 rings (SSSR count). The van der Waals surface area contributed by atoms with Crippen molar-refractivity contribution in [2.45, 2.75) is 51.0 Å². The monoisotopic (exact) mass is 504 g/mol. The summed E-state index contributed by atoms with van der Waals surface area (Å²) >= 11 is 0. The van der Waals surface area contributed by atoms with Crippen LogP contribution in [-0.4, -0.2) is 105 Å². The molecular formula is C27H44N4O5. The molecule has 1 aromatic rings. The summed E-state index contributed by atoms with van der Waals surface area (Å²) in [7, 11) is 6.00. The molecule has 1 aromatic carbocycles. The van der Waals surface area contributed by atoms with Crippen LogP contribution in [0.25, 0.3) is 0 Å². The van der Waals surface area contributed by atoms with Crippen molar-refractivity contribution >= 4 is 11.9 Å². The number of amides is 1. The highest BCUT2D eigenvalue weighted by Crippen LogP contribution is 2.42. The van der Waals surface area contributed by atoms with Crippen molar-refractivity contribution in [1.29, 1.82) is 0 Å². The van der Waals surface area contributed by atoms with Crippen molar-refractivity contribution < 1.29 is 24.2 Å². The second-order valence-electron chi connectivity index (χ2n) is 10.2. The number of unbranched alkanes of at least 4 members (excludes halogenated alkanes) is 2. The Morgan fingerprint density at radius 3 is 2.53 bits per heavy atom. The first kappa shape index (κ1) is 28.2. The van der Waals surface area contributed by atoms with Gasteiger partial charge in [0.1, 0.15) is 0 Å². The maximum absolute atomic E-state index is 13.5. The highest BCUT2D eigenvalue weighted by molar-refractivity contribution is 5.79. The third kappa shape index (κ3) is 7.33. The van der Waals surface area contributed by atoms with E-state index in [9.17, 15) is 14.7 Å². The van der Waals surface area contributed by atoms with Gasteiger partial charge in [0.25, 0.3) is 0 Å². The number of carboxylic acid groups (broad SMARTS) is 1. The second kappa shape index (κ2) is 13.8. The SMILES string of the molecule is CCCCN(CCCCN(C)C)C(=O)CN1C[C@H](c2ccc3c(c2)OCO3)[C@@H](C(=O)O)[C@@H]1CCNC. The molecule has 1 amide bonds. The molecule has 2 N–H and O–H groups in total. The zero-order valence-electron chi connectivity index (χ0n) is 22.4. The number of fused-ring (bicyclic) bond motifs is 1. The molecule has 9 nitrogen and oxygen atoms in total. The number of carbonyl (C=O) groups is 2. The molecule has 0 spiro atoms. The Bertz CT molecular complexity index is 865. The normalized spacial score (nSPS) is 21.3. The number of likely N-dealkylation sites (tertiary alicyclic amines) is 1. The molecular weight excluding hydrogens is 460 g/mol. The second-order valence-corrected chi connectivity index (χ2v) is 10.2. The zero-order valence-corrected chi connectivity index (χ0v) is 22.4. The number of hydrogen-bond donors (Lipinski definition) is 2. The minimum atomic E-state index is -0.819. The van der Waals surface area contributed by atoms with Gasteiger partial charge in [-0.1, -0.05) is 19.4 Å². The summed E-state index contributed by atoms with van der Waals surface area (Å²) in [5.74, 6) is -0.213. The minimum Gasteiger partial charge on any atom is -0.481 e. The smallest absolute Gasteiger partial charge is 0.308 e. The number of rotatable bonds is 15. The Morgan fingerprint density at radius 1 is 1.11 bits per heavy atom. The number of nitrogens with zero attached hydrogens (tertiary/aromatic N) is 3. The van der Waals surface area contributed by atoms with E-state index in [0.717, 1.165) is 50.9 Å². The molecule has 2 aliphatic heterocycles. The molecule has 0 aliphatic carbocycles. The maximum atomic E-state index is 13.5. The molecule has 0 radical (unpaired) electrons. The van der Waals surface area contributed by atoms with E-state index in [1.54, 1.807) is 0 Å². The fourth-order valence-corrected chi connectivity index (χ4v) is 5.34. The summed E-state index contributed by atoms with van der Waals surface area (Å²) in [5, 5.41) is 13.4. The lowest BCUT2D eigenvalue weighted by Crippen LogP contribution is -2.45. The van der Waals surface area contributed by atoms with Gasteiger partial charge < -0.3 is 29.7 Å².